The highest BCUT2D eigenvalue weighted by molar-refractivity contribution is 6.16. The zero-order valence-corrected chi connectivity index (χ0v) is 16.2. The molecule has 0 aliphatic carbocycles. The fourth-order valence-corrected chi connectivity index (χ4v) is 3.85. The number of carbonyl (C=O) groups is 1. The molecule has 0 unspecified atom stereocenters. The van der Waals surface area contributed by atoms with Gasteiger partial charge in [-0.1, -0.05) is 35.5 Å². The lowest BCUT2D eigenvalue weighted by molar-refractivity contribution is 0.103. The molecular weight excluding hydrogens is 348 g/mol. The van der Waals surface area contributed by atoms with Crippen LogP contribution < -0.4 is 0 Å². The minimum absolute atomic E-state index is 0.0293. The van der Waals surface area contributed by atoms with E-state index in [9.17, 15) is 4.79 Å². The number of rotatable bonds is 4. The average molecular weight is 370 g/mol. The van der Waals surface area contributed by atoms with E-state index in [1.165, 1.54) is 0 Å². The summed E-state index contributed by atoms with van der Waals surface area (Å²) in [6.07, 6.45) is 0. The number of ketones is 1. The van der Waals surface area contributed by atoms with Gasteiger partial charge >= 0.3 is 0 Å². The van der Waals surface area contributed by atoms with Gasteiger partial charge in [0.2, 0.25) is 0 Å². The number of oxime groups is 1. The van der Waals surface area contributed by atoms with Crippen LogP contribution in [0.2, 0.25) is 0 Å². The van der Waals surface area contributed by atoms with Crippen LogP contribution in [-0.4, -0.2) is 21.3 Å². The Balaban J connectivity index is 1.96. The number of fused-ring (bicyclic) bond motifs is 3. The second kappa shape index (κ2) is 6.97. The van der Waals surface area contributed by atoms with Gasteiger partial charge in [-0.2, -0.15) is 0 Å². The molecule has 4 nitrogen and oxygen atoms in total. The van der Waals surface area contributed by atoms with Crippen LogP contribution in [0.1, 0.15) is 40.9 Å². The van der Waals surface area contributed by atoms with E-state index >= 15 is 0 Å². The molecule has 0 radical (unpaired) electrons. The summed E-state index contributed by atoms with van der Waals surface area (Å²) in [5, 5.41) is 14.5. The lowest BCUT2D eigenvalue weighted by Gasteiger charge is -2.06. The predicted octanol–water partition coefficient (Wildman–Crippen LogP) is 5.55. The summed E-state index contributed by atoms with van der Waals surface area (Å²) in [5.74, 6) is 0.0293. The molecule has 0 atom stereocenters. The number of benzene rings is 3. The third-order valence-corrected chi connectivity index (χ3v) is 5.40. The van der Waals surface area contributed by atoms with Gasteiger partial charge in [-0.15, -0.1) is 0 Å². The van der Waals surface area contributed by atoms with Gasteiger partial charge in [0.1, 0.15) is 0 Å². The van der Waals surface area contributed by atoms with Crippen molar-refractivity contribution in [3.05, 3.63) is 82.9 Å². The molecule has 0 saturated carbocycles. The highest BCUT2D eigenvalue weighted by Crippen LogP contribution is 2.31. The molecule has 0 aliphatic heterocycles. The Hall–Kier alpha value is -3.40. The Morgan fingerprint density at radius 2 is 1.57 bits per heavy atom. The first-order valence-corrected chi connectivity index (χ1v) is 9.40. The molecule has 0 spiro atoms. The van der Waals surface area contributed by atoms with Gasteiger partial charge in [0.15, 0.2) is 5.78 Å². The lowest BCUT2D eigenvalue weighted by Crippen LogP contribution is -2.03. The number of aromatic nitrogens is 1. The molecule has 4 aromatic rings. The van der Waals surface area contributed by atoms with Crippen LogP contribution in [0.15, 0.2) is 65.8 Å². The van der Waals surface area contributed by atoms with Crippen molar-refractivity contribution in [2.45, 2.75) is 27.3 Å². The van der Waals surface area contributed by atoms with E-state index < -0.39 is 0 Å². The van der Waals surface area contributed by atoms with E-state index in [4.69, 9.17) is 5.21 Å². The van der Waals surface area contributed by atoms with Crippen molar-refractivity contribution in [3.8, 4) is 0 Å². The van der Waals surface area contributed by atoms with Crippen LogP contribution in [0, 0.1) is 6.92 Å². The fraction of sp³-hybridized carbons (Fsp3) is 0.167. The van der Waals surface area contributed by atoms with E-state index in [0.717, 1.165) is 45.0 Å². The average Bonchev–Trinajstić information content (AvgIpc) is 3.05. The molecule has 1 aromatic heterocycles. The van der Waals surface area contributed by atoms with Crippen molar-refractivity contribution >= 4 is 33.3 Å². The SMILES string of the molecule is CCn1c2ccc(C(=O)c3ccccc3C)cc2c2cc(/C(C)=N\O)ccc21. The van der Waals surface area contributed by atoms with Gasteiger partial charge in [0.25, 0.3) is 0 Å². The largest absolute Gasteiger partial charge is 0.411 e. The van der Waals surface area contributed by atoms with Crippen molar-refractivity contribution in [1.29, 1.82) is 0 Å². The molecule has 28 heavy (non-hydrogen) atoms. The van der Waals surface area contributed by atoms with Crippen molar-refractivity contribution in [1.82, 2.24) is 4.57 Å². The van der Waals surface area contributed by atoms with Gasteiger partial charge in [-0.05, 0) is 62.2 Å². The Bertz CT molecular complexity index is 1250. The van der Waals surface area contributed by atoms with Gasteiger partial charge in [-0.25, -0.2) is 0 Å². The Morgan fingerprint density at radius 1 is 0.964 bits per heavy atom. The van der Waals surface area contributed by atoms with E-state index in [0.29, 0.717) is 11.3 Å². The molecular formula is C24H22N2O2. The first kappa shape index (κ1) is 18.0. The number of hydrogen-bond acceptors (Lipinski definition) is 3. The van der Waals surface area contributed by atoms with E-state index in [1.807, 2.05) is 67.6 Å². The molecule has 1 heterocycles. The molecule has 0 fully saturated rings. The lowest BCUT2D eigenvalue weighted by atomic mass is 9.97. The molecule has 3 aromatic carbocycles. The predicted molar refractivity (Wildman–Crippen MR) is 114 cm³/mol. The van der Waals surface area contributed by atoms with Crippen molar-refractivity contribution < 1.29 is 10.0 Å². The Kier molecular flexibility index (Phi) is 4.47. The van der Waals surface area contributed by atoms with Crippen LogP contribution in [0.25, 0.3) is 21.8 Å². The highest BCUT2D eigenvalue weighted by atomic mass is 16.4. The summed E-state index contributed by atoms with van der Waals surface area (Å²) in [7, 11) is 0. The quantitative estimate of drug-likeness (QED) is 0.221. The topological polar surface area (TPSA) is 54.6 Å². The second-order valence-electron chi connectivity index (χ2n) is 7.04. The monoisotopic (exact) mass is 370 g/mol. The minimum atomic E-state index is 0.0293. The van der Waals surface area contributed by atoms with Gasteiger partial charge in [-0.3, -0.25) is 4.79 Å². The third kappa shape index (κ3) is 2.78. The standard InChI is InChI=1S/C24H22N2O2/c1-4-26-22-11-9-17(16(3)25-28)13-20(22)21-14-18(10-12-23(21)26)24(27)19-8-6-5-7-15(19)2/h5-14,28H,4H2,1-3H3/b25-16-. The number of carbonyl (C=O) groups excluding carboxylic acids is 1. The molecule has 140 valence electrons. The molecule has 0 aliphatic rings. The van der Waals surface area contributed by atoms with Crippen LogP contribution >= 0.6 is 0 Å². The van der Waals surface area contributed by atoms with Gasteiger partial charge in [0.05, 0.1) is 5.71 Å². The summed E-state index contributed by atoms with van der Waals surface area (Å²) in [6, 6.07) is 19.6. The van der Waals surface area contributed by atoms with Gasteiger partial charge < -0.3 is 9.77 Å². The van der Waals surface area contributed by atoms with Gasteiger partial charge in [0, 0.05) is 39.5 Å². The van der Waals surface area contributed by atoms with Crippen molar-refractivity contribution in [2.75, 3.05) is 0 Å². The van der Waals surface area contributed by atoms with E-state index in [-0.39, 0.29) is 5.78 Å². The number of nitrogens with zero attached hydrogens (tertiary/aromatic N) is 2. The molecule has 1 N–H and O–H groups in total. The maximum atomic E-state index is 13.1. The maximum Gasteiger partial charge on any atom is 0.193 e. The van der Waals surface area contributed by atoms with Crippen molar-refractivity contribution in [2.24, 2.45) is 5.16 Å². The maximum absolute atomic E-state index is 13.1. The summed E-state index contributed by atoms with van der Waals surface area (Å²) in [4.78, 5) is 13.1. The first-order valence-electron chi connectivity index (χ1n) is 9.40. The zero-order valence-electron chi connectivity index (χ0n) is 16.2. The summed E-state index contributed by atoms with van der Waals surface area (Å²) in [6.45, 7) is 6.67. The number of hydrogen-bond donors (Lipinski definition) is 1. The smallest absolute Gasteiger partial charge is 0.193 e. The fourth-order valence-electron chi connectivity index (χ4n) is 3.85. The van der Waals surface area contributed by atoms with Crippen LogP contribution in [0.4, 0.5) is 0 Å². The van der Waals surface area contributed by atoms with Crippen LogP contribution in [-0.2, 0) is 6.54 Å². The third-order valence-electron chi connectivity index (χ3n) is 5.40. The zero-order chi connectivity index (χ0) is 19.8. The summed E-state index contributed by atoms with van der Waals surface area (Å²) < 4.78 is 2.24. The number of aryl methyl sites for hydroxylation is 2. The molecule has 4 rings (SSSR count). The summed E-state index contributed by atoms with van der Waals surface area (Å²) >= 11 is 0. The van der Waals surface area contributed by atoms with E-state index in [1.54, 1.807) is 6.92 Å². The van der Waals surface area contributed by atoms with Crippen LogP contribution in [0.5, 0.6) is 0 Å². The highest BCUT2D eigenvalue weighted by Gasteiger charge is 2.16. The Morgan fingerprint density at radius 3 is 2.18 bits per heavy atom. The molecule has 4 heteroatoms. The Labute approximate surface area is 163 Å². The normalized spacial score (nSPS) is 12.0. The molecule has 0 amide bonds. The van der Waals surface area contributed by atoms with E-state index in [2.05, 4.69) is 16.6 Å². The van der Waals surface area contributed by atoms with Crippen LogP contribution in [0.3, 0.4) is 0 Å². The summed E-state index contributed by atoms with van der Waals surface area (Å²) in [5.41, 5.74) is 6.00. The van der Waals surface area contributed by atoms with Crippen molar-refractivity contribution in [3.63, 3.8) is 0 Å². The second-order valence-corrected chi connectivity index (χ2v) is 7.04. The molecule has 0 bridgehead atoms. The molecule has 0 saturated heterocycles. The minimum Gasteiger partial charge on any atom is -0.411 e. The first-order chi connectivity index (χ1) is 13.5.